The Morgan fingerprint density at radius 1 is 1.28 bits per heavy atom. The molecule has 3 heteroatoms. The first-order chi connectivity index (χ1) is 8.86. The summed E-state index contributed by atoms with van der Waals surface area (Å²) < 4.78 is 0. The molecule has 1 fully saturated rings. The minimum atomic E-state index is -0.434. The number of nitrogens with zero attached hydrogens (tertiary/aromatic N) is 1. The van der Waals surface area contributed by atoms with Crippen molar-refractivity contribution in [1.82, 2.24) is 10.3 Å². The first-order valence-electron chi connectivity index (χ1n) is 6.60. The van der Waals surface area contributed by atoms with E-state index in [2.05, 4.69) is 10.3 Å². The van der Waals surface area contributed by atoms with E-state index < -0.39 is 6.10 Å². The second-order valence-corrected chi connectivity index (χ2v) is 4.95. The van der Waals surface area contributed by atoms with Crippen LogP contribution in [0.1, 0.15) is 30.9 Å². The SMILES string of the molecule is OC(c1cccc2cnccc12)C1CCCCN1. The molecule has 1 aromatic heterocycles. The van der Waals surface area contributed by atoms with E-state index in [1.54, 1.807) is 6.20 Å². The van der Waals surface area contributed by atoms with Crippen LogP contribution < -0.4 is 5.32 Å². The molecule has 3 nitrogen and oxygen atoms in total. The van der Waals surface area contributed by atoms with Crippen molar-refractivity contribution in [2.45, 2.75) is 31.4 Å². The molecule has 94 valence electrons. The van der Waals surface area contributed by atoms with Crippen LogP contribution in [0, 0.1) is 0 Å². The van der Waals surface area contributed by atoms with Crippen molar-refractivity contribution in [3.8, 4) is 0 Å². The van der Waals surface area contributed by atoms with Gasteiger partial charge in [0, 0.05) is 23.8 Å². The topological polar surface area (TPSA) is 45.2 Å². The number of rotatable bonds is 2. The third kappa shape index (κ3) is 2.11. The van der Waals surface area contributed by atoms with E-state index in [9.17, 15) is 5.11 Å². The number of aliphatic hydroxyl groups is 1. The number of hydrogen-bond acceptors (Lipinski definition) is 3. The highest BCUT2D eigenvalue weighted by Crippen LogP contribution is 2.28. The van der Waals surface area contributed by atoms with Crippen LogP contribution in [-0.4, -0.2) is 22.7 Å². The molecule has 1 aliphatic heterocycles. The summed E-state index contributed by atoms with van der Waals surface area (Å²) >= 11 is 0. The van der Waals surface area contributed by atoms with Gasteiger partial charge in [-0.2, -0.15) is 0 Å². The van der Waals surface area contributed by atoms with Crippen LogP contribution in [0.5, 0.6) is 0 Å². The first-order valence-corrected chi connectivity index (χ1v) is 6.60. The van der Waals surface area contributed by atoms with Crippen molar-refractivity contribution in [2.75, 3.05) is 6.54 Å². The predicted molar refractivity (Wildman–Crippen MR) is 72.3 cm³/mol. The van der Waals surface area contributed by atoms with Gasteiger partial charge in [-0.15, -0.1) is 0 Å². The van der Waals surface area contributed by atoms with Crippen LogP contribution >= 0.6 is 0 Å². The van der Waals surface area contributed by atoms with Gasteiger partial charge in [0.05, 0.1) is 6.10 Å². The third-order valence-electron chi connectivity index (χ3n) is 3.76. The standard InChI is InChI=1S/C15H18N2O/c18-15(14-6-1-2-8-17-14)13-5-3-4-11-10-16-9-7-12(11)13/h3-5,7,9-10,14-15,17-18H,1-2,6,8H2. The lowest BCUT2D eigenvalue weighted by molar-refractivity contribution is 0.115. The monoisotopic (exact) mass is 242 g/mol. The number of pyridine rings is 1. The quantitative estimate of drug-likeness (QED) is 0.850. The Labute approximate surface area is 107 Å². The highest BCUT2D eigenvalue weighted by Gasteiger charge is 2.23. The molecule has 2 N–H and O–H groups in total. The van der Waals surface area contributed by atoms with Crippen LogP contribution in [0.2, 0.25) is 0 Å². The Morgan fingerprint density at radius 3 is 3.06 bits per heavy atom. The van der Waals surface area contributed by atoms with Gasteiger partial charge >= 0.3 is 0 Å². The van der Waals surface area contributed by atoms with E-state index in [1.165, 1.54) is 12.8 Å². The largest absolute Gasteiger partial charge is 0.387 e. The van der Waals surface area contributed by atoms with Crippen LogP contribution in [0.15, 0.2) is 36.7 Å². The minimum absolute atomic E-state index is 0.178. The first kappa shape index (κ1) is 11.6. The minimum Gasteiger partial charge on any atom is -0.387 e. The van der Waals surface area contributed by atoms with Gasteiger partial charge in [0.1, 0.15) is 0 Å². The number of aromatic nitrogens is 1. The molecule has 0 aliphatic carbocycles. The molecule has 18 heavy (non-hydrogen) atoms. The number of nitrogens with one attached hydrogen (secondary N) is 1. The Morgan fingerprint density at radius 2 is 2.22 bits per heavy atom. The number of fused-ring (bicyclic) bond motifs is 1. The fraction of sp³-hybridized carbons (Fsp3) is 0.400. The van der Waals surface area contributed by atoms with Crippen molar-refractivity contribution < 1.29 is 5.11 Å². The Bertz CT molecular complexity index is 530. The zero-order valence-electron chi connectivity index (χ0n) is 10.3. The van der Waals surface area contributed by atoms with Crippen LogP contribution in [0.4, 0.5) is 0 Å². The van der Waals surface area contributed by atoms with Gasteiger partial charge in [0.15, 0.2) is 0 Å². The summed E-state index contributed by atoms with van der Waals surface area (Å²) in [4.78, 5) is 4.13. The van der Waals surface area contributed by atoms with Crippen LogP contribution in [-0.2, 0) is 0 Å². The second kappa shape index (κ2) is 5.04. The number of hydrogen-bond donors (Lipinski definition) is 2. The summed E-state index contributed by atoms with van der Waals surface area (Å²) in [6.45, 7) is 1.01. The number of piperidine rings is 1. The lowest BCUT2D eigenvalue weighted by Gasteiger charge is -2.28. The van der Waals surface area contributed by atoms with Crippen molar-refractivity contribution >= 4 is 10.8 Å². The fourth-order valence-corrected chi connectivity index (χ4v) is 2.77. The van der Waals surface area contributed by atoms with E-state index in [-0.39, 0.29) is 6.04 Å². The Hall–Kier alpha value is -1.45. The van der Waals surface area contributed by atoms with Crippen LogP contribution in [0.25, 0.3) is 10.8 Å². The van der Waals surface area contributed by atoms with Gasteiger partial charge in [-0.3, -0.25) is 4.98 Å². The van der Waals surface area contributed by atoms with E-state index in [4.69, 9.17) is 0 Å². The molecule has 0 bridgehead atoms. The normalized spacial score (nSPS) is 21.9. The molecule has 1 aromatic carbocycles. The fourth-order valence-electron chi connectivity index (χ4n) is 2.77. The lowest BCUT2D eigenvalue weighted by Crippen LogP contribution is -2.38. The molecule has 2 heterocycles. The van der Waals surface area contributed by atoms with E-state index >= 15 is 0 Å². The van der Waals surface area contributed by atoms with Gasteiger partial charge in [0.2, 0.25) is 0 Å². The number of aliphatic hydroxyl groups excluding tert-OH is 1. The summed E-state index contributed by atoms with van der Waals surface area (Å²) in [6, 6.07) is 8.20. The molecular weight excluding hydrogens is 224 g/mol. The Balaban J connectivity index is 1.97. The average molecular weight is 242 g/mol. The Kier molecular flexibility index (Phi) is 3.26. The molecule has 0 amide bonds. The maximum absolute atomic E-state index is 10.6. The van der Waals surface area contributed by atoms with Gasteiger partial charge in [-0.25, -0.2) is 0 Å². The van der Waals surface area contributed by atoms with Crippen molar-refractivity contribution in [3.63, 3.8) is 0 Å². The summed E-state index contributed by atoms with van der Waals surface area (Å²) in [5.41, 5.74) is 1.01. The summed E-state index contributed by atoms with van der Waals surface area (Å²) in [7, 11) is 0. The molecule has 0 spiro atoms. The summed E-state index contributed by atoms with van der Waals surface area (Å²) in [6.07, 6.45) is 6.65. The van der Waals surface area contributed by atoms with E-state index in [0.29, 0.717) is 0 Å². The van der Waals surface area contributed by atoms with Crippen LogP contribution in [0.3, 0.4) is 0 Å². The van der Waals surface area contributed by atoms with Gasteiger partial charge < -0.3 is 10.4 Å². The maximum Gasteiger partial charge on any atom is 0.0948 e. The molecule has 3 rings (SSSR count). The molecule has 2 unspecified atom stereocenters. The third-order valence-corrected chi connectivity index (χ3v) is 3.76. The molecule has 1 aliphatic rings. The zero-order chi connectivity index (χ0) is 12.4. The highest BCUT2D eigenvalue weighted by molar-refractivity contribution is 5.85. The molecule has 2 aromatic rings. The van der Waals surface area contributed by atoms with E-state index in [0.717, 1.165) is 29.3 Å². The maximum atomic E-state index is 10.6. The highest BCUT2D eigenvalue weighted by atomic mass is 16.3. The summed E-state index contributed by atoms with van der Waals surface area (Å²) in [5, 5.41) is 16.2. The molecule has 1 saturated heterocycles. The zero-order valence-corrected chi connectivity index (χ0v) is 10.3. The molecule has 2 atom stereocenters. The van der Waals surface area contributed by atoms with E-state index in [1.807, 2.05) is 30.5 Å². The molecule has 0 radical (unpaired) electrons. The average Bonchev–Trinajstić information content (AvgIpc) is 2.47. The van der Waals surface area contributed by atoms with Crippen molar-refractivity contribution in [3.05, 3.63) is 42.2 Å². The smallest absolute Gasteiger partial charge is 0.0948 e. The van der Waals surface area contributed by atoms with Crippen molar-refractivity contribution in [2.24, 2.45) is 0 Å². The van der Waals surface area contributed by atoms with Gasteiger partial charge in [0.25, 0.3) is 0 Å². The number of benzene rings is 1. The van der Waals surface area contributed by atoms with Gasteiger partial charge in [-0.05, 0) is 36.4 Å². The molecular formula is C15H18N2O. The second-order valence-electron chi connectivity index (χ2n) is 4.95. The van der Waals surface area contributed by atoms with Crippen molar-refractivity contribution in [1.29, 1.82) is 0 Å². The van der Waals surface area contributed by atoms with Gasteiger partial charge in [-0.1, -0.05) is 24.6 Å². The summed E-state index contributed by atoms with van der Waals surface area (Å²) in [5.74, 6) is 0. The predicted octanol–water partition coefficient (Wildman–Crippen LogP) is 2.41. The lowest BCUT2D eigenvalue weighted by atomic mass is 9.92. The molecule has 0 saturated carbocycles.